The van der Waals surface area contributed by atoms with Gasteiger partial charge in [0.25, 0.3) is 11.5 Å². The zero-order chi connectivity index (χ0) is 24.2. The number of para-hydroxylation sites is 1. The van der Waals surface area contributed by atoms with Crippen molar-refractivity contribution in [3.05, 3.63) is 88.5 Å². The highest BCUT2D eigenvalue weighted by molar-refractivity contribution is 6.08. The minimum Gasteiger partial charge on any atom is -0.376 e. The molecule has 3 heterocycles. The topological polar surface area (TPSA) is 78.2 Å². The number of aromatic nitrogens is 3. The Morgan fingerprint density at radius 2 is 1.91 bits per heavy atom. The van der Waals surface area contributed by atoms with Crippen molar-refractivity contribution in [2.45, 2.75) is 51.7 Å². The molecule has 3 aliphatic heterocycles. The van der Waals surface area contributed by atoms with Gasteiger partial charge >= 0.3 is 0 Å². The van der Waals surface area contributed by atoms with Gasteiger partial charge in [-0.15, -0.1) is 0 Å². The molecule has 2 aromatic carbocycles. The Morgan fingerprint density at radius 3 is 2.63 bits per heavy atom. The first-order chi connectivity index (χ1) is 17.1. The smallest absolute Gasteiger partial charge is 0.282 e. The molecule has 1 atom stereocenters. The maximum atomic E-state index is 13.4. The van der Waals surface area contributed by atoms with Gasteiger partial charge in [-0.3, -0.25) is 9.59 Å². The van der Waals surface area contributed by atoms with E-state index in [4.69, 9.17) is 4.74 Å². The minimum absolute atomic E-state index is 0.0725. The van der Waals surface area contributed by atoms with Gasteiger partial charge in [0.1, 0.15) is 5.69 Å². The van der Waals surface area contributed by atoms with E-state index < -0.39 is 0 Å². The Kier molecular flexibility index (Phi) is 6.77. The number of unbranched alkanes of at least 4 members (excludes halogenated alkanes) is 1. The molecule has 5 rings (SSSR count). The molecule has 0 aromatic heterocycles. The summed E-state index contributed by atoms with van der Waals surface area (Å²) in [5.74, 6) is -0.296. The largest absolute Gasteiger partial charge is 0.376 e. The number of anilines is 1. The maximum Gasteiger partial charge on any atom is 0.282 e. The van der Waals surface area contributed by atoms with E-state index in [2.05, 4.69) is 17.3 Å². The van der Waals surface area contributed by atoms with Crippen LogP contribution in [-0.4, -0.2) is 33.0 Å². The first-order valence-electron chi connectivity index (χ1n) is 12.3. The van der Waals surface area contributed by atoms with Crippen LogP contribution in [0.3, 0.4) is 0 Å². The van der Waals surface area contributed by atoms with Crippen molar-refractivity contribution in [2.24, 2.45) is 0 Å². The summed E-state index contributed by atoms with van der Waals surface area (Å²) in [6, 6.07) is 17.2. The molecule has 3 aliphatic rings. The van der Waals surface area contributed by atoms with Crippen LogP contribution in [0.2, 0.25) is 0 Å². The number of pyridine rings is 1. The van der Waals surface area contributed by atoms with E-state index in [0.29, 0.717) is 34.7 Å². The van der Waals surface area contributed by atoms with E-state index in [1.54, 1.807) is 12.4 Å². The highest BCUT2D eigenvalue weighted by Crippen LogP contribution is 2.25. The zero-order valence-corrected chi connectivity index (χ0v) is 19.9. The van der Waals surface area contributed by atoms with Crippen molar-refractivity contribution in [1.29, 1.82) is 0 Å². The number of rotatable bonds is 8. The fourth-order valence-corrected chi connectivity index (χ4v) is 4.53. The highest BCUT2D eigenvalue weighted by Gasteiger charge is 2.26. The minimum atomic E-state index is -0.296. The van der Waals surface area contributed by atoms with E-state index in [1.807, 2.05) is 59.2 Å². The first kappa shape index (κ1) is 23.1. The predicted octanol–water partition coefficient (Wildman–Crippen LogP) is 4.91. The monoisotopic (exact) mass is 470 g/mol. The number of aryl methyl sites for hydroxylation is 1. The van der Waals surface area contributed by atoms with Gasteiger partial charge in [-0.2, -0.15) is 9.78 Å². The third-order valence-electron chi connectivity index (χ3n) is 6.44. The van der Waals surface area contributed by atoms with Gasteiger partial charge in [-0.1, -0.05) is 43.7 Å². The van der Waals surface area contributed by atoms with Gasteiger partial charge in [0.05, 0.1) is 22.9 Å². The number of carbonyl (C=O) groups excluding carboxylic acids is 1. The summed E-state index contributed by atoms with van der Waals surface area (Å²) in [5, 5.41) is 7.55. The predicted molar refractivity (Wildman–Crippen MR) is 136 cm³/mol. The van der Waals surface area contributed by atoms with Crippen LogP contribution in [0.25, 0.3) is 16.9 Å². The summed E-state index contributed by atoms with van der Waals surface area (Å²) in [6.45, 7) is 3.50. The molecular formula is C28H30N4O3. The second-order valence-corrected chi connectivity index (χ2v) is 9.07. The molecule has 7 nitrogen and oxygen atoms in total. The van der Waals surface area contributed by atoms with Crippen molar-refractivity contribution in [3.8, 4) is 16.9 Å². The summed E-state index contributed by atoms with van der Waals surface area (Å²) < 4.78 is 9.04. The normalized spacial score (nSPS) is 15.5. The van der Waals surface area contributed by atoms with Crippen LogP contribution in [0.15, 0.2) is 71.8 Å². The molecule has 1 amide bonds. The first-order valence-corrected chi connectivity index (χ1v) is 12.3. The van der Waals surface area contributed by atoms with E-state index in [0.717, 1.165) is 38.7 Å². The van der Waals surface area contributed by atoms with E-state index >= 15 is 0 Å². The number of hydrogen-bond acceptors (Lipinski definition) is 4. The second kappa shape index (κ2) is 10.3. The number of carbonyl (C=O) groups is 1. The molecule has 1 N–H and O–H groups in total. The molecule has 1 saturated heterocycles. The molecule has 35 heavy (non-hydrogen) atoms. The molecular weight excluding hydrogens is 440 g/mol. The number of fused-ring (bicyclic) bond motifs is 1. The lowest BCUT2D eigenvalue weighted by molar-refractivity contribution is 0.0961. The van der Waals surface area contributed by atoms with Crippen LogP contribution in [0.1, 0.15) is 48.5 Å². The average molecular weight is 471 g/mol. The number of hydrogen-bond donors (Lipinski definition) is 1. The van der Waals surface area contributed by atoms with E-state index in [1.165, 1.54) is 10.2 Å². The number of nitrogens with one attached hydrogen (secondary N) is 1. The van der Waals surface area contributed by atoms with Crippen LogP contribution in [0.5, 0.6) is 0 Å². The molecule has 180 valence electrons. The van der Waals surface area contributed by atoms with E-state index in [-0.39, 0.29) is 17.6 Å². The SMILES string of the molecule is CCCCc1ccc(NC(=O)c2cn(CC3CCCO3)cc3c(=O)n(-c4ccccc4)nc2-3)cc1. The summed E-state index contributed by atoms with van der Waals surface area (Å²) in [6.07, 6.45) is 8.92. The molecule has 0 bridgehead atoms. The molecule has 0 radical (unpaired) electrons. The van der Waals surface area contributed by atoms with Crippen molar-refractivity contribution < 1.29 is 9.53 Å². The van der Waals surface area contributed by atoms with Crippen LogP contribution in [-0.2, 0) is 17.7 Å². The summed E-state index contributed by atoms with van der Waals surface area (Å²) in [5.41, 5.74) is 3.54. The molecule has 7 heteroatoms. The fourth-order valence-electron chi connectivity index (χ4n) is 4.53. The molecule has 1 unspecified atom stereocenters. The van der Waals surface area contributed by atoms with Gasteiger partial charge in [-0.05, 0) is 55.5 Å². The van der Waals surface area contributed by atoms with Crippen molar-refractivity contribution >= 4 is 11.6 Å². The molecule has 0 saturated carbocycles. The van der Waals surface area contributed by atoms with Crippen molar-refractivity contribution in [1.82, 2.24) is 14.3 Å². The maximum absolute atomic E-state index is 13.4. The quantitative estimate of drug-likeness (QED) is 0.397. The Morgan fingerprint density at radius 1 is 1.11 bits per heavy atom. The number of amides is 1. The Hall–Kier alpha value is -3.71. The Balaban J connectivity index is 1.50. The number of benzene rings is 2. The van der Waals surface area contributed by atoms with Crippen LogP contribution in [0.4, 0.5) is 5.69 Å². The Bertz CT molecular complexity index is 1320. The molecule has 1 fully saturated rings. The summed E-state index contributed by atoms with van der Waals surface area (Å²) in [4.78, 5) is 26.7. The lowest BCUT2D eigenvalue weighted by atomic mass is 10.1. The molecule has 2 aromatic rings. The highest BCUT2D eigenvalue weighted by atomic mass is 16.5. The average Bonchev–Trinajstić information content (AvgIpc) is 3.51. The lowest BCUT2D eigenvalue weighted by Gasteiger charge is -2.16. The summed E-state index contributed by atoms with van der Waals surface area (Å²) in [7, 11) is 0. The standard InChI is InChI=1S/C28H30N4O3/c1-2-3-8-20-12-14-21(15-13-20)29-27(33)24-18-31(17-23-11-7-16-35-23)19-25-26(24)30-32(28(25)34)22-9-5-4-6-10-22/h4-6,9-10,12-15,18-19,23H,2-3,7-8,11,16-17H2,1H3,(H,29,33). The van der Waals surface area contributed by atoms with Gasteiger partial charge < -0.3 is 14.6 Å². The van der Waals surface area contributed by atoms with Gasteiger partial charge in [-0.25, -0.2) is 0 Å². The number of nitrogens with zero attached hydrogens (tertiary/aromatic N) is 3. The van der Waals surface area contributed by atoms with Crippen LogP contribution < -0.4 is 10.9 Å². The second-order valence-electron chi connectivity index (χ2n) is 9.07. The van der Waals surface area contributed by atoms with Gasteiger partial charge in [0, 0.05) is 31.2 Å². The molecule has 0 spiro atoms. The van der Waals surface area contributed by atoms with Crippen molar-refractivity contribution in [2.75, 3.05) is 11.9 Å². The number of ether oxygens (including phenoxy) is 1. The summed E-state index contributed by atoms with van der Waals surface area (Å²) >= 11 is 0. The van der Waals surface area contributed by atoms with Crippen LogP contribution in [0, 0.1) is 0 Å². The fraction of sp³-hybridized carbons (Fsp3) is 0.321. The van der Waals surface area contributed by atoms with E-state index in [9.17, 15) is 9.59 Å². The molecule has 0 aliphatic carbocycles. The van der Waals surface area contributed by atoms with Crippen molar-refractivity contribution in [3.63, 3.8) is 0 Å². The Labute approximate surface area is 204 Å². The zero-order valence-electron chi connectivity index (χ0n) is 19.9. The van der Waals surface area contributed by atoms with Gasteiger partial charge in [0.2, 0.25) is 0 Å². The lowest BCUT2D eigenvalue weighted by Crippen LogP contribution is -2.20. The third-order valence-corrected chi connectivity index (χ3v) is 6.44. The van der Waals surface area contributed by atoms with Gasteiger partial charge in [0.15, 0.2) is 0 Å². The van der Waals surface area contributed by atoms with Crippen LogP contribution >= 0.6 is 0 Å². The third kappa shape index (κ3) is 5.05.